The van der Waals surface area contributed by atoms with Crippen molar-refractivity contribution in [2.45, 2.75) is 58.1 Å². The summed E-state index contributed by atoms with van der Waals surface area (Å²) < 4.78 is 0. The molecule has 1 aromatic carbocycles. The molecule has 12 nitrogen and oxygen atoms in total. The van der Waals surface area contributed by atoms with E-state index in [1.807, 2.05) is 13.8 Å². The lowest BCUT2D eigenvalue weighted by Crippen LogP contribution is -2.54. The van der Waals surface area contributed by atoms with Crippen molar-refractivity contribution in [3.63, 3.8) is 0 Å². The van der Waals surface area contributed by atoms with Crippen molar-refractivity contribution in [2.75, 3.05) is 0 Å². The van der Waals surface area contributed by atoms with Crippen LogP contribution in [0.25, 0.3) is 0 Å². The van der Waals surface area contributed by atoms with E-state index in [4.69, 9.17) is 0 Å². The molecule has 1 unspecified atom stereocenters. The Kier molecular flexibility index (Phi) is 7.71. The molecule has 3 rings (SSSR count). The molecule has 0 saturated carbocycles. The summed E-state index contributed by atoms with van der Waals surface area (Å²) in [5, 5.41) is 26.0. The SMILES string of the molecule is CC(C)C[C@H](NC(=O)[C@H](C)NC(=O)c1ccc2c(c1)C(=O)N(C1CCC(=O)NC1=O)C2=O)B(O)O. The largest absolute Gasteiger partial charge is 0.475 e. The van der Waals surface area contributed by atoms with Crippen LogP contribution in [0.5, 0.6) is 0 Å². The van der Waals surface area contributed by atoms with Crippen molar-refractivity contribution < 1.29 is 38.8 Å². The Morgan fingerprint density at radius 1 is 1.09 bits per heavy atom. The average molecular weight is 486 g/mol. The summed E-state index contributed by atoms with van der Waals surface area (Å²) in [6, 6.07) is 1.66. The fourth-order valence-electron chi connectivity index (χ4n) is 4.03. The van der Waals surface area contributed by atoms with Gasteiger partial charge in [0.15, 0.2) is 0 Å². The maximum absolute atomic E-state index is 12.9. The second-order valence-corrected chi connectivity index (χ2v) is 9.06. The summed E-state index contributed by atoms with van der Waals surface area (Å²) in [5.74, 6) is -4.83. The maximum atomic E-state index is 12.9. The van der Waals surface area contributed by atoms with Crippen LogP contribution in [0, 0.1) is 5.92 Å². The Hall–Kier alpha value is -3.58. The fraction of sp³-hybridized carbons (Fsp3) is 0.455. The van der Waals surface area contributed by atoms with Gasteiger partial charge in [0.05, 0.1) is 17.1 Å². The van der Waals surface area contributed by atoms with Crippen molar-refractivity contribution in [1.29, 1.82) is 0 Å². The molecule has 0 radical (unpaired) electrons. The average Bonchev–Trinajstić information content (AvgIpc) is 3.02. The monoisotopic (exact) mass is 486 g/mol. The third-order valence-corrected chi connectivity index (χ3v) is 5.86. The second-order valence-electron chi connectivity index (χ2n) is 9.06. The molecule has 1 aromatic rings. The van der Waals surface area contributed by atoms with E-state index in [0.717, 1.165) is 4.90 Å². The van der Waals surface area contributed by atoms with Gasteiger partial charge in [0.2, 0.25) is 17.7 Å². The number of fused-ring (bicyclic) bond motifs is 1. The van der Waals surface area contributed by atoms with Gasteiger partial charge in [0, 0.05) is 12.0 Å². The van der Waals surface area contributed by atoms with E-state index in [9.17, 15) is 38.8 Å². The minimum absolute atomic E-state index is 0.00981. The molecule has 5 N–H and O–H groups in total. The summed E-state index contributed by atoms with van der Waals surface area (Å²) in [4.78, 5) is 75.2. The van der Waals surface area contributed by atoms with Gasteiger partial charge in [-0.2, -0.15) is 0 Å². The first kappa shape index (κ1) is 26.0. The first-order valence-corrected chi connectivity index (χ1v) is 11.2. The van der Waals surface area contributed by atoms with E-state index in [1.54, 1.807) is 0 Å². The molecule has 0 spiro atoms. The minimum Gasteiger partial charge on any atom is -0.426 e. The van der Waals surface area contributed by atoms with Gasteiger partial charge in [-0.05, 0) is 43.9 Å². The van der Waals surface area contributed by atoms with Crippen molar-refractivity contribution in [3.8, 4) is 0 Å². The number of rotatable bonds is 8. The Balaban J connectivity index is 1.70. The number of carbonyl (C=O) groups excluding carboxylic acids is 6. The molecule has 2 aliphatic rings. The molecule has 1 fully saturated rings. The molecule has 35 heavy (non-hydrogen) atoms. The van der Waals surface area contributed by atoms with Crippen LogP contribution in [0.3, 0.4) is 0 Å². The molecule has 0 bridgehead atoms. The molecular weight excluding hydrogens is 459 g/mol. The summed E-state index contributed by atoms with van der Waals surface area (Å²) in [6.45, 7) is 5.12. The molecule has 186 valence electrons. The molecule has 13 heteroatoms. The quantitative estimate of drug-likeness (QED) is 0.223. The molecule has 0 aromatic heterocycles. The van der Waals surface area contributed by atoms with Crippen molar-refractivity contribution in [1.82, 2.24) is 20.9 Å². The number of nitrogens with zero attached hydrogens (tertiary/aromatic N) is 1. The summed E-state index contributed by atoms with van der Waals surface area (Å²) in [7, 11) is -1.77. The van der Waals surface area contributed by atoms with Crippen LogP contribution in [0.1, 0.15) is 71.1 Å². The van der Waals surface area contributed by atoms with Gasteiger partial charge in [-0.25, -0.2) is 0 Å². The summed E-state index contributed by atoms with van der Waals surface area (Å²) >= 11 is 0. The zero-order chi connectivity index (χ0) is 26.0. The van der Waals surface area contributed by atoms with Crippen molar-refractivity contribution in [2.24, 2.45) is 5.92 Å². The number of hydrogen-bond donors (Lipinski definition) is 5. The normalized spacial score (nSPS) is 19.3. The molecule has 0 aliphatic carbocycles. The standard InChI is InChI=1S/C22H27BN4O8/c1-10(2)8-16(23(34)35)25-18(29)11(3)24-19(30)12-4-5-13-14(9-12)22(33)27(21(13)32)15-6-7-17(28)26-20(15)31/h4-5,9-11,15-16,34-35H,6-8H2,1-3H3,(H,24,30)(H,25,29)(H,26,28,31)/t11-,15?,16-/m0/s1. The molecule has 6 amide bonds. The lowest BCUT2D eigenvalue weighted by atomic mass is 9.75. The number of amides is 6. The zero-order valence-corrected chi connectivity index (χ0v) is 19.5. The Labute approximate surface area is 201 Å². The van der Waals surface area contributed by atoms with Gasteiger partial charge < -0.3 is 20.7 Å². The lowest BCUT2D eigenvalue weighted by Gasteiger charge is -2.27. The van der Waals surface area contributed by atoms with Crippen LogP contribution < -0.4 is 16.0 Å². The van der Waals surface area contributed by atoms with E-state index in [0.29, 0.717) is 6.42 Å². The minimum atomic E-state index is -1.77. The Morgan fingerprint density at radius 2 is 1.74 bits per heavy atom. The molecule has 3 atom stereocenters. The van der Waals surface area contributed by atoms with E-state index in [-0.39, 0.29) is 35.4 Å². The first-order chi connectivity index (χ1) is 16.4. The van der Waals surface area contributed by atoms with Crippen LogP contribution in [0.4, 0.5) is 0 Å². The summed E-state index contributed by atoms with van der Waals surface area (Å²) in [6.07, 6.45) is 0.313. The predicted molar refractivity (Wildman–Crippen MR) is 122 cm³/mol. The zero-order valence-electron chi connectivity index (χ0n) is 19.5. The smallest absolute Gasteiger partial charge is 0.426 e. The molecular formula is C22H27BN4O8. The number of carbonyl (C=O) groups is 6. The van der Waals surface area contributed by atoms with E-state index < -0.39 is 60.6 Å². The highest BCUT2D eigenvalue weighted by Gasteiger charge is 2.44. The number of piperidine rings is 1. The Bertz CT molecular complexity index is 1090. The van der Waals surface area contributed by atoms with Crippen molar-refractivity contribution >= 4 is 42.6 Å². The van der Waals surface area contributed by atoms with Gasteiger partial charge in [-0.1, -0.05) is 13.8 Å². The highest BCUT2D eigenvalue weighted by Crippen LogP contribution is 2.28. The van der Waals surface area contributed by atoms with E-state index in [2.05, 4.69) is 16.0 Å². The van der Waals surface area contributed by atoms with Crippen LogP contribution in [0.15, 0.2) is 18.2 Å². The van der Waals surface area contributed by atoms with Gasteiger partial charge >= 0.3 is 7.12 Å². The van der Waals surface area contributed by atoms with Gasteiger partial charge in [0.25, 0.3) is 17.7 Å². The van der Waals surface area contributed by atoms with Crippen molar-refractivity contribution in [3.05, 3.63) is 34.9 Å². The van der Waals surface area contributed by atoms with Crippen LogP contribution in [0.2, 0.25) is 0 Å². The van der Waals surface area contributed by atoms with Crippen LogP contribution in [-0.4, -0.2) is 75.5 Å². The Morgan fingerprint density at radius 3 is 2.34 bits per heavy atom. The highest BCUT2D eigenvalue weighted by molar-refractivity contribution is 6.43. The van der Waals surface area contributed by atoms with Gasteiger partial charge in [-0.15, -0.1) is 0 Å². The van der Waals surface area contributed by atoms with E-state index >= 15 is 0 Å². The van der Waals surface area contributed by atoms with Gasteiger partial charge in [0.1, 0.15) is 12.1 Å². The third-order valence-electron chi connectivity index (χ3n) is 5.86. The second kappa shape index (κ2) is 10.4. The molecule has 1 saturated heterocycles. The molecule has 2 aliphatic heterocycles. The number of imide groups is 2. The van der Waals surface area contributed by atoms with Crippen LogP contribution >= 0.6 is 0 Å². The lowest BCUT2D eigenvalue weighted by molar-refractivity contribution is -0.136. The summed E-state index contributed by atoms with van der Waals surface area (Å²) in [5.41, 5.74) is -0.0315. The number of nitrogens with one attached hydrogen (secondary N) is 3. The first-order valence-electron chi connectivity index (χ1n) is 11.2. The van der Waals surface area contributed by atoms with Crippen LogP contribution in [-0.2, 0) is 14.4 Å². The van der Waals surface area contributed by atoms with E-state index in [1.165, 1.54) is 25.1 Å². The van der Waals surface area contributed by atoms with Gasteiger partial charge in [-0.3, -0.25) is 39.0 Å². The maximum Gasteiger partial charge on any atom is 0.475 e. The third kappa shape index (κ3) is 5.57. The highest BCUT2D eigenvalue weighted by atomic mass is 16.4. The number of hydrogen-bond acceptors (Lipinski definition) is 8. The fourth-order valence-corrected chi connectivity index (χ4v) is 4.03. The molecule has 2 heterocycles. The number of benzene rings is 1. The topological polar surface area (TPSA) is 182 Å². The predicted octanol–water partition coefficient (Wildman–Crippen LogP) is -1.25.